The highest BCUT2D eigenvalue weighted by molar-refractivity contribution is 5.92. The molecule has 0 bridgehead atoms. The Morgan fingerprint density at radius 3 is 2.70 bits per heavy atom. The maximum Gasteiger partial charge on any atom is 0.270 e. The van der Waals surface area contributed by atoms with Gasteiger partial charge in [0.15, 0.2) is 0 Å². The number of hydrogen-bond donors (Lipinski definition) is 2. The number of amides is 1. The molecule has 1 fully saturated rings. The Balaban J connectivity index is 1.52. The van der Waals surface area contributed by atoms with Crippen molar-refractivity contribution in [2.24, 2.45) is 5.92 Å². The van der Waals surface area contributed by atoms with Crippen molar-refractivity contribution in [3.63, 3.8) is 0 Å². The second kappa shape index (κ2) is 7.00. The average Bonchev–Trinajstić information content (AvgIpc) is 3.19. The molecule has 2 N–H and O–H groups in total. The van der Waals surface area contributed by atoms with Gasteiger partial charge >= 0.3 is 0 Å². The molecule has 0 aliphatic carbocycles. The summed E-state index contributed by atoms with van der Waals surface area (Å²) in [5.41, 5.74) is 1.92. The fourth-order valence-electron chi connectivity index (χ4n) is 3.03. The molecule has 3 heterocycles. The largest absolute Gasteiger partial charge is 0.357 e. The lowest BCUT2D eigenvalue weighted by Crippen LogP contribution is -2.48. The van der Waals surface area contributed by atoms with E-state index in [9.17, 15) is 4.79 Å². The monoisotopic (exact) mass is 315 g/mol. The second-order valence-electron chi connectivity index (χ2n) is 6.62. The van der Waals surface area contributed by atoms with E-state index in [1.165, 1.54) is 5.56 Å². The lowest BCUT2D eigenvalue weighted by Gasteiger charge is -2.34. The highest BCUT2D eigenvalue weighted by Gasteiger charge is 2.23. The van der Waals surface area contributed by atoms with Crippen LogP contribution in [-0.2, 0) is 13.0 Å². The minimum atomic E-state index is 0.109. The summed E-state index contributed by atoms with van der Waals surface area (Å²) in [6.45, 7) is 8.48. The van der Waals surface area contributed by atoms with Crippen LogP contribution in [0.4, 0.5) is 0 Å². The molecular weight excluding hydrogens is 290 g/mol. The summed E-state index contributed by atoms with van der Waals surface area (Å²) in [5.74, 6) is 1.68. The predicted molar refractivity (Wildman–Crippen MR) is 89.1 cm³/mol. The first-order chi connectivity index (χ1) is 11.1. The quantitative estimate of drug-likeness (QED) is 0.885. The molecule has 1 saturated heterocycles. The van der Waals surface area contributed by atoms with Gasteiger partial charge in [0.25, 0.3) is 5.91 Å². The average molecular weight is 315 g/mol. The molecule has 2 aromatic rings. The molecule has 2 aromatic heterocycles. The van der Waals surface area contributed by atoms with E-state index in [4.69, 9.17) is 0 Å². The number of imidazole rings is 1. The zero-order valence-corrected chi connectivity index (χ0v) is 13.9. The highest BCUT2D eigenvalue weighted by Crippen LogP contribution is 2.13. The minimum Gasteiger partial charge on any atom is -0.357 e. The van der Waals surface area contributed by atoms with Gasteiger partial charge in [-0.25, -0.2) is 4.98 Å². The number of aromatic amines is 2. The van der Waals surface area contributed by atoms with E-state index >= 15 is 0 Å². The van der Waals surface area contributed by atoms with Crippen molar-refractivity contribution in [3.8, 4) is 0 Å². The van der Waals surface area contributed by atoms with Gasteiger partial charge in [-0.05, 0) is 24.0 Å². The molecular formula is C17H25N5O. The first-order valence-corrected chi connectivity index (χ1v) is 8.29. The Bertz CT molecular complexity index is 623. The summed E-state index contributed by atoms with van der Waals surface area (Å²) < 4.78 is 0. The lowest BCUT2D eigenvalue weighted by atomic mass is 10.1. The first-order valence-electron chi connectivity index (χ1n) is 8.29. The van der Waals surface area contributed by atoms with Crippen LogP contribution in [0.25, 0.3) is 0 Å². The van der Waals surface area contributed by atoms with Crippen LogP contribution in [0.3, 0.4) is 0 Å². The van der Waals surface area contributed by atoms with Crippen molar-refractivity contribution < 1.29 is 4.79 Å². The van der Waals surface area contributed by atoms with Gasteiger partial charge in [0.1, 0.15) is 11.5 Å². The van der Waals surface area contributed by atoms with Crippen molar-refractivity contribution in [1.29, 1.82) is 0 Å². The van der Waals surface area contributed by atoms with Crippen LogP contribution in [-0.4, -0.2) is 56.8 Å². The van der Waals surface area contributed by atoms with Gasteiger partial charge in [-0.1, -0.05) is 13.8 Å². The summed E-state index contributed by atoms with van der Waals surface area (Å²) in [6, 6.07) is 2.00. The van der Waals surface area contributed by atoms with Crippen molar-refractivity contribution in [1.82, 2.24) is 24.8 Å². The number of aromatic nitrogens is 3. The fraction of sp³-hybridized carbons (Fsp3) is 0.529. The van der Waals surface area contributed by atoms with Gasteiger partial charge in [0.05, 0.1) is 6.54 Å². The van der Waals surface area contributed by atoms with Crippen LogP contribution in [0.15, 0.2) is 24.7 Å². The normalized spacial score (nSPS) is 16.2. The van der Waals surface area contributed by atoms with Crippen LogP contribution in [0.2, 0.25) is 0 Å². The Labute approximate surface area is 136 Å². The third-order valence-electron chi connectivity index (χ3n) is 4.20. The van der Waals surface area contributed by atoms with Crippen LogP contribution < -0.4 is 0 Å². The number of carbonyl (C=O) groups is 1. The second-order valence-corrected chi connectivity index (χ2v) is 6.62. The molecule has 0 radical (unpaired) electrons. The third-order valence-corrected chi connectivity index (χ3v) is 4.20. The molecule has 1 amide bonds. The molecule has 0 atom stereocenters. The summed E-state index contributed by atoms with van der Waals surface area (Å²) in [5, 5.41) is 0. The molecule has 0 aromatic carbocycles. The summed E-state index contributed by atoms with van der Waals surface area (Å²) in [7, 11) is 0. The van der Waals surface area contributed by atoms with E-state index in [2.05, 4.69) is 33.7 Å². The van der Waals surface area contributed by atoms with Crippen LogP contribution in [0.1, 0.15) is 35.7 Å². The zero-order chi connectivity index (χ0) is 16.2. The number of rotatable bonds is 5. The van der Waals surface area contributed by atoms with Crippen molar-refractivity contribution in [3.05, 3.63) is 41.7 Å². The Morgan fingerprint density at radius 1 is 1.26 bits per heavy atom. The molecule has 1 aliphatic heterocycles. The van der Waals surface area contributed by atoms with Crippen molar-refractivity contribution in [2.45, 2.75) is 26.8 Å². The molecule has 0 unspecified atom stereocenters. The van der Waals surface area contributed by atoms with E-state index in [-0.39, 0.29) is 5.91 Å². The fourth-order valence-corrected chi connectivity index (χ4v) is 3.03. The summed E-state index contributed by atoms with van der Waals surface area (Å²) in [4.78, 5) is 27.4. The predicted octanol–water partition coefficient (Wildman–Crippen LogP) is 1.89. The standard InChI is InChI=1S/C17H25N5O/c1-13(2)9-14-10-15(20-11-14)17(23)22-7-5-21(6-8-22)12-16-18-3-4-19-16/h3-4,10-11,13,20H,5-9,12H2,1-2H3,(H,18,19). The number of hydrogen-bond acceptors (Lipinski definition) is 3. The number of piperazine rings is 1. The minimum absolute atomic E-state index is 0.109. The Hall–Kier alpha value is -2.08. The van der Waals surface area contributed by atoms with Gasteiger partial charge in [0.2, 0.25) is 0 Å². The Morgan fingerprint density at radius 2 is 2.04 bits per heavy atom. The third kappa shape index (κ3) is 4.01. The van der Waals surface area contributed by atoms with Gasteiger partial charge in [0, 0.05) is 44.8 Å². The van der Waals surface area contributed by atoms with Gasteiger partial charge in [-0.15, -0.1) is 0 Å². The van der Waals surface area contributed by atoms with E-state index in [0.717, 1.165) is 45.0 Å². The van der Waals surface area contributed by atoms with Crippen LogP contribution >= 0.6 is 0 Å². The molecule has 23 heavy (non-hydrogen) atoms. The molecule has 6 nitrogen and oxygen atoms in total. The zero-order valence-electron chi connectivity index (χ0n) is 13.9. The van der Waals surface area contributed by atoms with Crippen molar-refractivity contribution in [2.75, 3.05) is 26.2 Å². The molecule has 124 valence electrons. The van der Waals surface area contributed by atoms with Crippen LogP contribution in [0, 0.1) is 5.92 Å². The van der Waals surface area contributed by atoms with Crippen LogP contribution in [0.5, 0.6) is 0 Å². The molecule has 3 rings (SSSR count). The van der Waals surface area contributed by atoms with Gasteiger partial charge in [-0.3, -0.25) is 9.69 Å². The molecule has 0 saturated carbocycles. The SMILES string of the molecule is CC(C)Cc1c[nH]c(C(=O)N2CCN(Cc3ncc[nH]3)CC2)c1. The van der Waals surface area contributed by atoms with E-state index in [1.54, 1.807) is 6.20 Å². The van der Waals surface area contributed by atoms with E-state index < -0.39 is 0 Å². The number of nitrogens with zero attached hydrogens (tertiary/aromatic N) is 3. The first kappa shape index (κ1) is 15.8. The maximum absolute atomic E-state index is 12.6. The topological polar surface area (TPSA) is 68.0 Å². The number of H-pyrrole nitrogens is 2. The number of carbonyl (C=O) groups excluding carboxylic acids is 1. The maximum atomic E-state index is 12.6. The lowest BCUT2D eigenvalue weighted by molar-refractivity contribution is 0.0620. The number of nitrogens with one attached hydrogen (secondary N) is 2. The smallest absolute Gasteiger partial charge is 0.270 e. The summed E-state index contributed by atoms with van der Waals surface area (Å²) >= 11 is 0. The highest BCUT2D eigenvalue weighted by atomic mass is 16.2. The van der Waals surface area contributed by atoms with Crippen molar-refractivity contribution >= 4 is 5.91 Å². The van der Waals surface area contributed by atoms with Gasteiger partial charge < -0.3 is 14.9 Å². The Kier molecular flexibility index (Phi) is 4.81. The van der Waals surface area contributed by atoms with E-state index in [0.29, 0.717) is 11.6 Å². The van der Waals surface area contributed by atoms with E-state index in [1.807, 2.05) is 23.4 Å². The van der Waals surface area contributed by atoms with Gasteiger partial charge in [-0.2, -0.15) is 0 Å². The molecule has 6 heteroatoms. The molecule has 1 aliphatic rings. The summed E-state index contributed by atoms with van der Waals surface area (Å²) in [6.07, 6.45) is 6.57. The molecule has 0 spiro atoms.